The van der Waals surface area contributed by atoms with E-state index in [4.69, 9.17) is 21.1 Å². The van der Waals surface area contributed by atoms with E-state index in [-0.39, 0.29) is 0 Å². The van der Waals surface area contributed by atoms with Crippen molar-refractivity contribution in [2.75, 3.05) is 14.2 Å². The first-order valence-corrected chi connectivity index (χ1v) is 5.90. The van der Waals surface area contributed by atoms with Gasteiger partial charge < -0.3 is 9.47 Å². The summed E-state index contributed by atoms with van der Waals surface area (Å²) >= 11 is 6.01. The van der Waals surface area contributed by atoms with Crippen LogP contribution < -0.4 is 9.47 Å². The second-order valence-electron chi connectivity index (χ2n) is 3.86. The molecular weight excluding hydrogens is 268 g/mol. The summed E-state index contributed by atoms with van der Waals surface area (Å²) in [4.78, 5) is 11.1. The Morgan fingerprint density at radius 2 is 1.95 bits per heavy atom. The molecule has 0 unspecified atom stereocenters. The molecule has 0 spiro atoms. The van der Waals surface area contributed by atoms with E-state index >= 15 is 0 Å². The molecule has 0 amide bonds. The zero-order chi connectivity index (χ0) is 14.0. The van der Waals surface area contributed by atoms with Gasteiger partial charge in [-0.05, 0) is 18.2 Å². The smallest absolute Gasteiger partial charge is 0.161 e. The Morgan fingerprint density at radius 1 is 1.26 bits per heavy atom. The molecule has 1 heterocycles. The summed E-state index contributed by atoms with van der Waals surface area (Å²) in [6.07, 6.45) is 0.696. The molecule has 0 fully saturated rings. The first kappa shape index (κ1) is 13.4. The van der Waals surface area contributed by atoms with E-state index in [1.54, 1.807) is 39.5 Å². The third-order valence-electron chi connectivity index (χ3n) is 2.79. The highest BCUT2D eigenvalue weighted by molar-refractivity contribution is 6.32. The zero-order valence-corrected chi connectivity index (χ0v) is 11.6. The number of aryl methyl sites for hydroxylation is 1. The van der Waals surface area contributed by atoms with Gasteiger partial charge in [-0.2, -0.15) is 5.10 Å². The highest BCUT2D eigenvalue weighted by atomic mass is 35.5. The molecule has 0 aliphatic rings. The minimum atomic E-state index is 0.305. The van der Waals surface area contributed by atoms with E-state index in [9.17, 15) is 4.79 Å². The highest BCUT2D eigenvalue weighted by Crippen LogP contribution is 2.34. The lowest BCUT2D eigenvalue weighted by atomic mass is 10.1. The van der Waals surface area contributed by atoms with Crippen LogP contribution in [0.15, 0.2) is 18.2 Å². The van der Waals surface area contributed by atoms with E-state index in [1.165, 1.54) is 4.68 Å². The maximum absolute atomic E-state index is 11.1. The number of hydrogen-bond donors (Lipinski definition) is 0. The summed E-state index contributed by atoms with van der Waals surface area (Å²) < 4.78 is 11.9. The Morgan fingerprint density at radius 3 is 2.53 bits per heavy atom. The van der Waals surface area contributed by atoms with Crippen LogP contribution in [0.3, 0.4) is 0 Å². The Balaban J connectivity index is 2.59. The molecule has 0 N–H and O–H groups in total. The highest BCUT2D eigenvalue weighted by Gasteiger charge is 2.17. The minimum absolute atomic E-state index is 0.305. The van der Waals surface area contributed by atoms with Crippen molar-refractivity contribution in [1.82, 2.24) is 9.78 Å². The lowest BCUT2D eigenvalue weighted by Gasteiger charge is -2.08. The summed E-state index contributed by atoms with van der Waals surface area (Å²) in [7, 11) is 4.79. The summed E-state index contributed by atoms with van der Waals surface area (Å²) in [5.41, 5.74) is 1.61. The number of benzene rings is 1. The molecule has 19 heavy (non-hydrogen) atoms. The van der Waals surface area contributed by atoms with E-state index in [0.717, 1.165) is 5.56 Å². The van der Waals surface area contributed by atoms with Gasteiger partial charge in [-0.25, -0.2) is 0 Å². The van der Waals surface area contributed by atoms with Gasteiger partial charge in [0.15, 0.2) is 17.8 Å². The summed E-state index contributed by atoms with van der Waals surface area (Å²) in [6.45, 7) is 0. The summed E-state index contributed by atoms with van der Waals surface area (Å²) in [6, 6.07) is 5.31. The molecule has 2 aromatic rings. The van der Waals surface area contributed by atoms with Gasteiger partial charge in [0.2, 0.25) is 0 Å². The number of ether oxygens (including phenoxy) is 2. The Kier molecular flexibility index (Phi) is 3.76. The van der Waals surface area contributed by atoms with Crippen LogP contribution >= 0.6 is 11.6 Å². The van der Waals surface area contributed by atoms with Gasteiger partial charge >= 0.3 is 0 Å². The van der Waals surface area contributed by atoms with Gasteiger partial charge in [-0.15, -0.1) is 0 Å². The van der Waals surface area contributed by atoms with E-state index in [2.05, 4.69) is 5.10 Å². The normalized spacial score (nSPS) is 10.3. The fourth-order valence-electron chi connectivity index (χ4n) is 1.82. The molecule has 0 saturated heterocycles. The predicted molar refractivity (Wildman–Crippen MR) is 72.1 cm³/mol. The quantitative estimate of drug-likeness (QED) is 0.808. The average molecular weight is 281 g/mol. The maximum atomic E-state index is 11.1. The van der Waals surface area contributed by atoms with E-state index in [0.29, 0.717) is 34.2 Å². The van der Waals surface area contributed by atoms with Gasteiger partial charge in [0.05, 0.1) is 19.8 Å². The van der Waals surface area contributed by atoms with Crippen molar-refractivity contribution in [2.24, 2.45) is 7.05 Å². The van der Waals surface area contributed by atoms with Crippen molar-refractivity contribution >= 4 is 17.9 Å². The number of carbonyl (C=O) groups is 1. The lowest BCUT2D eigenvalue weighted by molar-refractivity contribution is 0.112. The number of carbonyl (C=O) groups excluding carboxylic acids is 1. The molecule has 2 rings (SSSR count). The second-order valence-corrected chi connectivity index (χ2v) is 4.22. The van der Waals surface area contributed by atoms with Gasteiger partial charge in [-0.3, -0.25) is 9.48 Å². The molecule has 5 nitrogen and oxygen atoms in total. The topological polar surface area (TPSA) is 53.4 Å². The molecule has 1 aromatic heterocycles. The zero-order valence-electron chi connectivity index (χ0n) is 10.8. The molecule has 0 saturated carbocycles. The first-order chi connectivity index (χ1) is 9.12. The minimum Gasteiger partial charge on any atom is -0.493 e. The Hall–Kier alpha value is -2.01. The number of nitrogens with zero attached hydrogens (tertiary/aromatic N) is 2. The van der Waals surface area contributed by atoms with Crippen molar-refractivity contribution in [3.05, 3.63) is 28.9 Å². The molecule has 0 bridgehead atoms. The van der Waals surface area contributed by atoms with Crippen LogP contribution in [-0.4, -0.2) is 30.3 Å². The largest absolute Gasteiger partial charge is 0.493 e. The van der Waals surface area contributed by atoms with Crippen LogP contribution in [0.2, 0.25) is 5.15 Å². The predicted octanol–water partition coefficient (Wildman–Crippen LogP) is 2.57. The number of hydrogen-bond acceptors (Lipinski definition) is 4. The van der Waals surface area contributed by atoms with Crippen molar-refractivity contribution in [3.8, 4) is 22.8 Å². The number of rotatable bonds is 4. The fourth-order valence-corrected chi connectivity index (χ4v) is 1.99. The van der Waals surface area contributed by atoms with Crippen molar-refractivity contribution in [1.29, 1.82) is 0 Å². The lowest BCUT2D eigenvalue weighted by Crippen LogP contribution is -1.92. The molecule has 6 heteroatoms. The molecule has 0 atom stereocenters. The number of methoxy groups -OCH3 is 2. The van der Waals surface area contributed by atoms with E-state index in [1.807, 2.05) is 0 Å². The summed E-state index contributed by atoms with van der Waals surface area (Å²) in [5, 5.41) is 4.54. The van der Waals surface area contributed by atoms with Crippen LogP contribution in [0, 0.1) is 0 Å². The third-order valence-corrected chi connectivity index (χ3v) is 3.23. The van der Waals surface area contributed by atoms with Gasteiger partial charge in [-0.1, -0.05) is 11.6 Å². The second kappa shape index (κ2) is 5.32. The van der Waals surface area contributed by atoms with Crippen LogP contribution in [0.5, 0.6) is 11.5 Å². The fraction of sp³-hybridized carbons (Fsp3) is 0.231. The van der Waals surface area contributed by atoms with Crippen molar-refractivity contribution in [2.45, 2.75) is 0 Å². The number of aromatic nitrogens is 2. The van der Waals surface area contributed by atoms with Crippen molar-refractivity contribution < 1.29 is 14.3 Å². The van der Waals surface area contributed by atoms with Crippen LogP contribution in [-0.2, 0) is 7.05 Å². The summed E-state index contributed by atoms with van der Waals surface area (Å²) in [5.74, 6) is 1.18. The standard InChI is InChI=1S/C13H13ClN2O3/c1-16-13(14)9(7-17)12(15-16)8-4-5-10(18-2)11(6-8)19-3/h4-7H,1-3H3. The average Bonchev–Trinajstić information content (AvgIpc) is 2.73. The molecule has 1 aromatic carbocycles. The van der Waals surface area contributed by atoms with Crippen LogP contribution in [0.1, 0.15) is 10.4 Å². The molecule has 0 aliphatic heterocycles. The van der Waals surface area contributed by atoms with E-state index < -0.39 is 0 Å². The molecular formula is C13H13ClN2O3. The van der Waals surface area contributed by atoms with Gasteiger partial charge in [0, 0.05) is 12.6 Å². The SMILES string of the molecule is COc1ccc(-c2nn(C)c(Cl)c2C=O)cc1OC. The Labute approximate surface area is 115 Å². The maximum Gasteiger partial charge on any atom is 0.161 e. The van der Waals surface area contributed by atoms with Crippen molar-refractivity contribution in [3.63, 3.8) is 0 Å². The van der Waals surface area contributed by atoms with Crippen LogP contribution in [0.4, 0.5) is 0 Å². The van der Waals surface area contributed by atoms with Gasteiger partial charge in [0.1, 0.15) is 10.8 Å². The number of aldehydes is 1. The molecule has 100 valence electrons. The molecule has 0 aliphatic carbocycles. The molecule has 0 radical (unpaired) electrons. The first-order valence-electron chi connectivity index (χ1n) is 5.52. The third kappa shape index (κ3) is 2.29. The number of halogens is 1. The monoisotopic (exact) mass is 280 g/mol. The Bertz CT molecular complexity index is 623. The van der Waals surface area contributed by atoms with Crippen LogP contribution in [0.25, 0.3) is 11.3 Å². The van der Waals surface area contributed by atoms with Gasteiger partial charge in [0.25, 0.3) is 0 Å².